The fraction of sp³-hybridized carbons (Fsp3) is 0.500. The van der Waals surface area contributed by atoms with Crippen LogP contribution >= 0.6 is 0 Å². The number of nitrogens with two attached hydrogens (primary N) is 1. The molecule has 0 heterocycles. The Balaban J connectivity index is 2.28. The molecule has 18 heavy (non-hydrogen) atoms. The topological polar surface area (TPSA) is 64.3 Å². The van der Waals surface area contributed by atoms with Crippen molar-refractivity contribution < 1.29 is 9.53 Å². The summed E-state index contributed by atoms with van der Waals surface area (Å²) in [6.07, 6.45) is 2.08. The van der Waals surface area contributed by atoms with Crippen molar-refractivity contribution in [1.82, 2.24) is 5.32 Å². The Bertz CT molecular complexity index is 404. The van der Waals surface area contributed by atoms with Crippen molar-refractivity contribution in [2.75, 3.05) is 20.3 Å². The number of benzene rings is 1. The van der Waals surface area contributed by atoms with Crippen molar-refractivity contribution in [3.05, 3.63) is 35.9 Å². The molecule has 2 rings (SSSR count). The quantitative estimate of drug-likeness (QED) is 0.708. The molecule has 4 heteroatoms. The number of carbonyl (C=O) groups is 1. The number of amides is 1. The normalized spacial score (nSPS) is 18.3. The zero-order valence-electron chi connectivity index (χ0n) is 10.7. The summed E-state index contributed by atoms with van der Waals surface area (Å²) in [6.45, 7) is 1.18. The molecule has 1 aliphatic carbocycles. The van der Waals surface area contributed by atoms with E-state index in [4.69, 9.17) is 10.5 Å². The van der Waals surface area contributed by atoms with Gasteiger partial charge in [0.1, 0.15) is 5.54 Å². The van der Waals surface area contributed by atoms with Crippen molar-refractivity contribution in [3.63, 3.8) is 0 Å². The summed E-state index contributed by atoms with van der Waals surface area (Å²) in [4.78, 5) is 12.0. The van der Waals surface area contributed by atoms with Gasteiger partial charge in [-0.25, -0.2) is 0 Å². The monoisotopic (exact) mass is 248 g/mol. The van der Waals surface area contributed by atoms with Crippen LogP contribution in [-0.4, -0.2) is 26.2 Å². The third-order valence-electron chi connectivity index (χ3n) is 3.52. The number of rotatable bonds is 7. The predicted molar refractivity (Wildman–Crippen MR) is 69.9 cm³/mol. The van der Waals surface area contributed by atoms with Crippen LogP contribution < -0.4 is 11.1 Å². The highest BCUT2D eigenvalue weighted by Crippen LogP contribution is 2.45. The van der Waals surface area contributed by atoms with E-state index >= 15 is 0 Å². The van der Waals surface area contributed by atoms with Crippen molar-refractivity contribution in [1.29, 1.82) is 0 Å². The summed E-state index contributed by atoms with van der Waals surface area (Å²) in [6, 6.07) is 9.74. The third kappa shape index (κ3) is 2.40. The summed E-state index contributed by atoms with van der Waals surface area (Å²) in [5.41, 5.74) is 5.90. The lowest BCUT2D eigenvalue weighted by molar-refractivity contribution is -0.125. The molecule has 4 nitrogen and oxygen atoms in total. The Morgan fingerprint density at radius 2 is 2.11 bits per heavy atom. The van der Waals surface area contributed by atoms with Crippen LogP contribution in [0.5, 0.6) is 0 Å². The summed E-state index contributed by atoms with van der Waals surface area (Å²) in [5, 5.41) is 3.31. The Hall–Kier alpha value is -1.39. The van der Waals surface area contributed by atoms with Crippen molar-refractivity contribution in [2.45, 2.75) is 18.4 Å². The Labute approximate surface area is 108 Å². The fourth-order valence-corrected chi connectivity index (χ4v) is 2.48. The minimum Gasteiger partial charge on any atom is -0.383 e. The predicted octanol–water partition coefficient (Wildman–Crippen LogP) is 1.01. The van der Waals surface area contributed by atoms with Crippen LogP contribution in [0.15, 0.2) is 30.3 Å². The largest absolute Gasteiger partial charge is 0.383 e. The van der Waals surface area contributed by atoms with E-state index in [0.717, 1.165) is 18.4 Å². The molecule has 1 atom stereocenters. The molecule has 1 amide bonds. The zero-order chi connectivity index (χ0) is 13.0. The SMILES string of the molecule is COCCNC(C(N)=O)(c1ccccc1)C1CC1. The van der Waals surface area contributed by atoms with Crippen molar-refractivity contribution >= 4 is 5.91 Å². The molecule has 1 unspecified atom stereocenters. The summed E-state index contributed by atoms with van der Waals surface area (Å²) >= 11 is 0. The van der Waals surface area contributed by atoms with Gasteiger partial charge >= 0.3 is 0 Å². The first-order chi connectivity index (χ1) is 8.71. The van der Waals surface area contributed by atoms with Gasteiger partial charge < -0.3 is 10.5 Å². The molecule has 0 aromatic heterocycles. The van der Waals surface area contributed by atoms with Gasteiger partial charge in [0.15, 0.2) is 0 Å². The van der Waals surface area contributed by atoms with Gasteiger partial charge in [-0.15, -0.1) is 0 Å². The van der Waals surface area contributed by atoms with E-state index in [2.05, 4.69) is 5.32 Å². The Morgan fingerprint density at radius 3 is 2.61 bits per heavy atom. The molecule has 0 spiro atoms. The molecule has 0 radical (unpaired) electrons. The van der Waals surface area contributed by atoms with Crippen LogP contribution in [0.3, 0.4) is 0 Å². The molecular formula is C14H20N2O2. The number of nitrogens with one attached hydrogen (secondary N) is 1. The van der Waals surface area contributed by atoms with Crippen LogP contribution in [0.2, 0.25) is 0 Å². The van der Waals surface area contributed by atoms with Gasteiger partial charge in [-0.05, 0) is 24.3 Å². The lowest BCUT2D eigenvalue weighted by Crippen LogP contribution is -2.55. The molecule has 1 saturated carbocycles. The highest BCUT2D eigenvalue weighted by molar-refractivity contribution is 5.87. The lowest BCUT2D eigenvalue weighted by atomic mass is 9.84. The van der Waals surface area contributed by atoms with Crippen LogP contribution in [0.25, 0.3) is 0 Å². The van der Waals surface area contributed by atoms with E-state index in [1.807, 2.05) is 30.3 Å². The second kappa shape index (κ2) is 5.50. The summed E-state index contributed by atoms with van der Waals surface area (Å²) < 4.78 is 5.04. The van der Waals surface area contributed by atoms with Gasteiger partial charge in [0.05, 0.1) is 6.61 Å². The molecule has 98 valence electrons. The minimum atomic E-state index is -0.736. The van der Waals surface area contributed by atoms with E-state index in [0.29, 0.717) is 19.1 Å². The maximum Gasteiger partial charge on any atom is 0.242 e. The smallest absolute Gasteiger partial charge is 0.242 e. The average molecular weight is 248 g/mol. The molecule has 1 fully saturated rings. The van der Waals surface area contributed by atoms with Gasteiger partial charge in [-0.1, -0.05) is 30.3 Å². The molecule has 0 aliphatic heterocycles. The number of hydrogen-bond donors (Lipinski definition) is 2. The second-order valence-corrected chi connectivity index (χ2v) is 4.73. The van der Waals surface area contributed by atoms with Gasteiger partial charge in [0, 0.05) is 13.7 Å². The summed E-state index contributed by atoms with van der Waals surface area (Å²) in [7, 11) is 1.65. The van der Waals surface area contributed by atoms with Crippen LogP contribution in [0, 0.1) is 5.92 Å². The first-order valence-corrected chi connectivity index (χ1v) is 6.31. The van der Waals surface area contributed by atoms with Gasteiger partial charge in [0.2, 0.25) is 5.91 Å². The van der Waals surface area contributed by atoms with Crippen LogP contribution in [0.1, 0.15) is 18.4 Å². The fourth-order valence-electron chi connectivity index (χ4n) is 2.48. The molecule has 0 saturated heterocycles. The molecule has 3 N–H and O–H groups in total. The van der Waals surface area contributed by atoms with E-state index in [-0.39, 0.29) is 5.91 Å². The number of primary amides is 1. The Morgan fingerprint density at radius 1 is 1.44 bits per heavy atom. The molecule has 1 aromatic rings. The Kier molecular flexibility index (Phi) is 3.99. The number of hydrogen-bond acceptors (Lipinski definition) is 3. The third-order valence-corrected chi connectivity index (χ3v) is 3.52. The summed E-state index contributed by atoms with van der Waals surface area (Å²) in [5.74, 6) is 0.00144. The second-order valence-electron chi connectivity index (χ2n) is 4.73. The van der Waals surface area contributed by atoms with Crippen molar-refractivity contribution in [3.8, 4) is 0 Å². The standard InChI is InChI=1S/C14H20N2O2/c1-18-10-9-16-14(13(15)17,12-7-8-12)11-5-3-2-4-6-11/h2-6,12,16H,7-10H2,1H3,(H2,15,17). The maximum absolute atomic E-state index is 12.0. The molecular weight excluding hydrogens is 228 g/mol. The number of ether oxygens (including phenoxy) is 1. The van der Waals surface area contributed by atoms with E-state index in [1.54, 1.807) is 7.11 Å². The average Bonchev–Trinajstić information content (AvgIpc) is 3.20. The number of methoxy groups -OCH3 is 1. The molecule has 1 aliphatic rings. The van der Waals surface area contributed by atoms with Gasteiger partial charge in [-0.3, -0.25) is 10.1 Å². The lowest BCUT2D eigenvalue weighted by Gasteiger charge is -2.32. The zero-order valence-corrected chi connectivity index (χ0v) is 10.7. The number of carbonyl (C=O) groups excluding carboxylic acids is 1. The van der Waals surface area contributed by atoms with Crippen molar-refractivity contribution in [2.24, 2.45) is 11.7 Å². The molecule has 0 bridgehead atoms. The highest BCUT2D eigenvalue weighted by Gasteiger charge is 2.50. The van der Waals surface area contributed by atoms with Gasteiger partial charge in [-0.2, -0.15) is 0 Å². The van der Waals surface area contributed by atoms with E-state index in [9.17, 15) is 4.79 Å². The molecule has 1 aromatic carbocycles. The minimum absolute atomic E-state index is 0.299. The van der Waals surface area contributed by atoms with E-state index < -0.39 is 5.54 Å². The van der Waals surface area contributed by atoms with Gasteiger partial charge in [0.25, 0.3) is 0 Å². The highest BCUT2D eigenvalue weighted by atomic mass is 16.5. The maximum atomic E-state index is 12.0. The van der Waals surface area contributed by atoms with Crippen LogP contribution in [-0.2, 0) is 15.1 Å². The van der Waals surface area contributed by atoms with Crippen LogP contribution in [0.4, 0.5) is 0 Å². The first kappa shape index (κ1) is 13.1. The first-order valence-electron chi connectivity index (χ1n) is 6.31. The van der Waals surface area contributed by atoms with E-state index in [1.165, 1.54) is 0 Å².